The molecule has 1 aromatic rings. The maximum Gasteiger partial charge on any atom is 0.234 e. The van der Waals surface area contributed by atoms with Crippen molar-refractivity contribution in [2.75, 3.05) is 11.9 Å². The summed E-state index contributed by atoms with van der Waals surface area (Å²) < 4.78 is 25.5. The number of halogens is 2. The van der Waals surface area contributed by atoms with E-state index in [4.69, 9.17) is 0 Å². The van der Waals surface area contributed by atoms with Crippen LogP contribution < -0.4 is 4.90 Å². The summed E-state index contributed by atoms with van der Waals surface area (Å²) in [6, 6.07) is 3.12. The van der Waals surface area contributed by atoms with Gasteiger partial charge in [-0.05, 0) is 19.1 Å². The molecule has 0 fully saturated rings. The molecule has 16 heavy (non-hydrogen) atoms. The lowest BCUT2D eigenvalue weighted by Gasteiger charge is -2.16. The minimum Gasteiger partial charge on any atom is -0.315 e. The number of hydrogen-bond donors (Lipinski definition) is 0. The van der Waals surface area contributed by atoms with E-state index < -0.39 is 17.5 Å². The number of hydrogen-bond acceptors (Lipinski definition) is 2. The van der Waals surface area contributed by atoms with E-state index in [1.807, 2.05) is 0 Å². The van der Waals surface area contributed by atoms with Gasteiger partial charge in [0.25, 0.3) is 0 Å². The Morgan fingerprint density at radius 2 is 1.88 bits per heavy atom. The van der Waals surface area contributed by atoms with Crippen LogP contribution in [0.5, 0.6) is 0 Å². The van der Waals surface area contributed by atoms with Crippen LogP contribution in [0.3, 0.4) is 0 Å². The first-order valence-electron chi connectivity index (χ1n) is 4.63. The van der Waals surface area contributed by atoms with Crippen LogP contribution in [0.4, 0.5) is 14.5 Å². The zero-order valence-corrected chi connectivity index (χ0v) is 8.96. The monoisotopic (exact) mass is 227 g/mol. The smallest absolute Gasteiger partial charge is 0.234 e. The minimum absolute atomic E-state index is 0.213. The van der Waals surface area contributed by atoms with Gasteiger partial charge in [0.1, 0.15) is 5.78 Å². The van der Waals surface area contributed by atoms with Crippen molar-refractivity contribution in [2.45, 2.75) is 13.3 Å². The molecule has 0 radical (unpaired) electrons. The second kappa shape index (κ2) is 4.83. The van der Waals surface area contributed by atoms with E-state index in [9.17, 15) is 18.4 Å². The SMILES string of the molecule is CC(=O)CC(=O)N(C)c1ccc(F)c(F)c1. The lowest BCUT2D eigenvalue weighted by Crippen LogP contribution is -2.27. The van der Waals surface area contributed by atoms with Crippen molar-refractivity contribution in [1.82, 2.24) is 0 Å². The molecule has 0 heterocycles. The highest BCUT2D eigenvalue weighted by atomic mass is 19.2. The highest BCUT2D eigenvalue weighted by Crippen LogP contribution is 2.17. The molecule has 3 nitrogen and oxygen atoms in total. The van der Waals surface area contributed by atoms with Gasteiger partial charge in [-0.3, -0.25) is 9.59 Å². The summed E-state index contributed by atoms with van der Waals surface area (Å²) in [4.78, 5) is 23.3. The minimum atomic E-state index is -1.03. The van der Waals surface area contributed by atoms with Gasteiger partial charge < -0.3 is 4.90 Å². The number of rotatable bonds is 3. The molecule has 86 valence electrons. The quantitative estimate of drug-likeness (QED) is 0.739. The molecule has 0 aromatic heterocycles. The number of anilines is 1. The summed E-state index contributed by atoms with van der Waals surface area (Å²) in [5, 5.41) is 0. The second-order valence-electron chi connectivity index (χ2n) is 3.43. The zero-order valence-electron chi connectivity index (χ0n) is 8.96. The van der Waals surface area contributed by atoms with Crippen LogP contribution in [-0.2, 0) is 9.59 Å². The van der Waals surface area contributed by atoms with Crippen LogP contribution in [0.25, 0.3) is 0 Å². The number of ketones is 1. The summed E-state index contributed by atoms with van der Waals surface area (Å²) in [7, 11) is 1.40. The molecule has 1 rings (SSSR count). The Balaban J connectivity index is 2.87. The average molecular weight is 227 g/mol. The maximum absolute atomic E-state index is 12.9. The van der Waals surface area contributed by atoms with E-state index in [0.29, 0.717) is 0 Å². The van der Waals surface area contributed by atoms with Crippen LogP contribution in [0.1, 0.15) is 13.3 Å². The predicted molar refractivity (Wildman–Crippen MR) is 55.1 cm³/mol. The van der Waals surface area contributed by atoms with Gasteiger partial charge in [0, 0.05) is 18.8 Å². The summed E-state index contributed by atoms with van der Waals surface area (Å²) in [6.07, 6.45) is -0.254. The molecule has 0 aliphatic carbocycles. The van der Waals surface area contributed by atoms with Crippen LogP contribution in [0.2, 0.25) is 0 Å². The van der Waals surface area contributed by atoms with Gasteiger partial charge in [-0.1, -0.05) is 0 Å². The Hall–Kier alpha value is -1.78. The Morgan fingerprint density at radius 3 is 2.38 bits per heavy atom. The fourth-order valence-electron chi connectivity index (χ4n) is 1.17. The van der Waals surface area contributed by atoms with E-state index in [2.05, 4.69) is 0 Å². The van der Waals surface area contributed by atoms with Gasteiger partial charge in [0.05, 0.1) is 6.42 Å². The molecule has 0 aliphatic heterocycles. The molecule has 0 saturated carbocycles. The zero-order chi connectivity index (χ0) is 12.3. The Morgan fingerprint density at radius 1 is 1.25 bits per heavy atom. The molecule has 5 heteroatoms. The molecular formula is C11H11F2NO2. The van der Waals surface area contributed by atoms with Crippen molar-refractivity contribution in [3.8, 4) is 0 Å². The third kappa shape index (κ3) is 2.85. The predicted octanol–water partition coefficient (Wildman–Crippen LogP) is 1.91. The standard InChI is InChI=1S/C11H11F2NO2/c1-7(15)5-11(16)14(2)8-3-4-9(12)10(13)6-8/h3-4,6H,5H2,1-2H3. The van der Waals surface area contributed by atoms with Crippen molar-refractivity contribution >= 4 is 17.4 Å². The molecule has 0 saturated heterocycles. The maximum atomic E-state index is 12.9. The van der Waals surface area contributed by atoms with Crippen LogP contribution >= 0.6 is 0 Å². The van der Waals surface area contributed by atoms with Crippen molar-refractivity contribution in [1.29, 1.82) is 0 Å². The van der Waals surface area contributed by atoms with Crippen LogP contribution in [0.15, 0.2) is 18.2 Å². The summed E-state index contributed by atoms with van der Waals surface area (Å²) >= 11 is 0. The van der Waals surface area contributed by atoms with E-state index >= 15 is 0 Å². The first-order chi connectivity index (χ1) is 7.41. The number of carbonyl (C=O) groups is 2. The molecule has 0 aliphatic rings. The molecular weight excluding hydrogens is 216 g/mol. The molecule has 0 spiro atoms. The van der Waals surface area contributed by atoms with Gasteiger partial charge in [0.15, 0.2) is 11.6 Å². The van der Waals surface area contributed by atoms with Crippen molar-refractivity contribution < 1.29 is 18.4 Å². The Labute approximate surface area is 91.7 Å². The van der Waals surface area contributed by atoms with E-state index in [-0.39, 0.29) is 17.9 Å². The molecule has 1 aromatic carbocycles. The van der Waals surface area contributed by atoms with Crippen LogP contribution in [-0.4, -0.2) is 18.7 Å². The summed E-state index contributed by atoms with van der Waals surface area (Å²) in [5.74, 6) is -2.74. The van der Waals surface area contributed by atoms with Gasteiger partial charge in [-0.2, -0.15) is 0 Å². The number of benzene rings is 1. The fourth-order valence-corrected chi connectivity index (χ4v) is 1.17. The fraction of sp³-hybridized carbons (Fsp3) is 0.273. The number of carbonyl (C=O) groups excluding carboxylic acids is 2. The van der Waals surface area contributed by atoms with E-state index in [1.165, 1.54) is 20.0 Å². The van der Waals surface area contributed by atoms with Crippen molar-refractivity contribution in [3.63, 3.8) is 0 Å². The Bertz CT molecular complexity index is 432. The van der Waals surface area contributed by atoms with Crippen molar-refractivity contribution in [3.05, 3.63) is 29.8 Å². The van der Waals surface area contributed by atoms with Gasteiger partial charge in [0.2, 0.25) is 5.91 Å². The summed E-state index contributed by atoms with van der Waals surface area (Å²) in [6.45, 7) is 1.29. The number of nitrogens with zero attached hydrogens (tertiary/aromatic N) is 1. The second-order valence-corrected chi connectivity index (χ2v) is 3.43. The topological polar surface area (TPSA) is 37.4 Å². The third-order valence-electron chi connectivity index (χ3n) is 2.06. The normalized spacial score (nSPS) is 10.0. The number of Topliss-reactive ketones (excluding diaryl/α,β-unsaturated/α-hetero) is 1. The number of amides is 1. The average Bonchev–Trinajstić information content (AvgIpc) is 2.20. The first-order valence-corrected chi connectivity index (χ1v) is 4.63. The lowest BCUT2D eigenvalue weighted by atomic mass is 10.2. The summed E-state index contributed by atoms with van der Waals surface area (Å²) in [5.41, 5.74) is 0.213. The van der Waals surface area contributed by atoms with E-state index in [1.54, 1.807) is 0 Å². The lowest BCUT2D eigenvalue weighted by molar-refractivity contribution is -0.125. The molecule has 0 atom stereocenters. The van der Waals surface area contributed by atoms with Crippen LogP contribution in [0, 0.1) is 11.6 Å². The molecule has 0 N–H and O–H groups in total. The first kappa shape index (κ1) is 12.3. The van der Waals surface area contributed by atoms with Crippen molar-refractivity contribution in [2.24, 2.45) is 0 Å². The molecule has 0 unspecified atom stereocenters. The van der Waals surface area contributed by atoms with E-state index in [0.717, 1.165) is 17.0 Å². The third-order valence-corrected chi connectivity index (χ3v) is 2.06. The molecule has 0 bridgehead atoms. The largest absolute Gasteiger partial charge is 0.315 e. The highest BCUT2D eigenvalue weighted by Gasteiger charge is 2.14. The van der Waals surface area contributed by atoms with Gasteiger partial charge >= 0.3 is 0 Å². The van der Waals surface area contributed by atoms with Gasteiger partial charge in [-0.15, -0.1) is 0 Å². The molecule has 1 amide bonds. The Kier molecular flexibility index (Phi) is 3.71. The van der Waals surface area contributed by atoms with Gasteiger partial charge in [-0.25, -0.2) is 8.78 Å². The highest BCUT2D eigenvalue weighted by molar-refractivity contribution is 6.04.